The highest BCUT2D eigenvalue weighted by atomic mass is 16.5. The minimum absolute atomic E-state index is 0.0151. The average Bonchev–Trinajstić information content (AvgIpc) is 3.45. The third kappa shape index (κ3) is 5.53. The lowest BCUT2D eigenvalue weighted by Gasteiger charge is -2.33. The van der Waals surface area contributed by atoms with Crippen molar-refractivity contribution in [2.45, 2.75) is 58.6 Å². The van der Waals surface area contributed by atoms with Gasteiger partial charge >= 0.3 is 0 Å². The summed E-state index contributed by atoms with van der Waals surface area (Å²) in [5, 5.41) is 13.3. The number of amides is 1. The number of aryl methyl sites for hydroxylation is 2. The summed E-state index contributed by atoms with van der Waals surface area (Å²) in [6, 6.07) is 2.15. The van der Waals surface area contributed by atoms with Crippen LogP contribution in [0.5, 0.6) is 0 Å². The molecule has 2 aliphatic rings. The van der Waals surface area contributed by atoms with Gasteiger partial charge in [0.1, 0.15) is 0 Å². The van der Waals surface area contributed by atoms with Crippen LogP contribution in [0.1, 0.15) is 42.6 Å². The van der Waals surface area contributed by atoms with Gasteiger partial charge in [0.25, 0.3) is 0 Å². The number of hydrogen-bond donors (Lipinski definition) is 0. The van der Waals surface area contributed by atoms with Gasteiger partial charge in [0.15, 0.2) is 0 Å². The van der Waals surface area contributed by atoms with E-state index in [1.807, 2.05) is 23.4 Å². The second-order valence-corrected chi connectivity index (χ2v) is 7.59. The van der Waals surface area contributed by atoms with Gasteiger partial charge in [-0.25, -0.2) is 0 Å². The van der Waals surface area contributed by atoms with Gasteiger partial charge in [-0.2, -0.15) is 10.4 Å². The normalized spacial score (nSPS) is 19.9. The predicted molar refractivity (Wildman–Crippen MR) is 100 cm³/mol. The summed E-state index contributed by atoms with van der Waals surface area (Å²) in [5.74, 6) is 0.904. The maximum absolute atomic E-state index is 12.7. The first-order valence-electron chi connectivity index (χ1n) is 9.95. The highest BCUT2D eigenvalue weighted by Gasteiger charge is 2.26. The molecule has 1 aromatic heterocycles. The van der Waals surface area contributed by atoms with Crippen LogP contribution < -0.4 is 0 Å². The molecule has 0 bridgehead atoms. The van der Waals surface area contributed by atoms with Gasteiger partial charge in [-0.1, -0.05) is 0 Å². The van der Waals surface area contributed by atoms with E-state index in [1.165, 1.54) is 12.8 Å². The second-order valence-electron chi connectivity index (χ2n) is 7.59. The van der Waals surface area contributed by atoms with E-state index in [9.17, 15) is 4.79 Å². The zero-order chi connectivity index (χ0) is 19.2. The summed E-state index contributed by atoms with van der Waals surface area (Å²) in [5.41, 5.74) is 3.13. The van der Waals surface area contributed by atoms with E-state index in [0.29, 0.717) is 52.1 Å². The van der Waals surface area contributed by atoms with Gasteiger partial charge in [-0.15, -0.1) is 0 Å². The molecular formula is C20H30N4O3. The first-order chi connectivity index (χ1) is 13.1. The molecular weight excluding hydrogens is 344 g/mol. The Kier molecular flexibility index (Phi) is 6.86. The van der Waals surface area contributed by atoms with Crippen LogP contribution in [0.2, 0.25) is 0 Å². The van der Waals surface area contributed by atoms with Crippen molar-refractivity contribution in [2.24, 2.45) is 5.92 Å². The van der Waals surface area contributed by atoms with Gasteiger partial charge in [0.05, 0.1) is 44.0 Å². The quantitative estimate of drug-likeness (QED) is 0.660. The third-order valence-corrected chi connectivity index (χ3v) is 5.40. The van der Waals surface area contributed by atoms with E-state index < -0.39 is 0 Å². The van der Waals surface area contributed by atoms with Gasteiger partial charge in [0, 0.05) is 31.8 Å². The Hall–Kier alpha value is -1.91. The fourth-order valence-electron chi connectivity index (χ4n) is 3.56. The number of carbonyl (C=O) groups is 1. The molecule has 27 heavy (non-hydrogen) atoms. The van der Waals surface area contributed by atoms with Crippen molar-refractivity contribution in [3.8, 4) is 6.07 Å². The molecule has 1 aliphatic heterocycles. The molecule has 3 rings (SSSR count). The standard InChI is InChI=1S/C20H30N4O3/c1-15-19(16(2)24(22-15)9-3-8-21)6-7-20(25)23-10-11-27-18(12-23)14-26-13-17-4-5-17/h17-18H,3-7,9-14H2,1-2H3. The number of rotatable bonds is 9. The lowest BCUT2D eigenvalue weighted by atomic mass is 10.1. The lowest BCUT2D eigenvalue weighted by Crippen LogP contribution is -2.47. The number of ether oxygens (including phenoxy) is 2. The van der Waals surface area contributed by atoms with Crippen LogP contribution in [0.25, 0.3) is 0 Å². The summed E-state index contributed by atoms with van der Waals surface area (Å²) in [7, 11) is 0. The van der Waals surface area contributed by atoms with Crippen molar-refractivity contribution in [3.05, 3.63) is 17.0 Å². The van der Waals surface area contributed by atoms with Crippen LogP contribution in [-0.2, 0) is 27.2 Å². The monoisotopic (exact) mass is 374 g/mol. The summed E-state index contributed by atoms with van der Waals surface area (Å²) in [4.78, 5) is 14.6. The van der Waals surface area contributed by atoms with E-state index in [1.54, 1.807) is 0 Å². The maximum atomic E-state index is 12.7. The van der Waals surface area contributed by atoms with Crippen LogP contribution >= 0.6 is 0 Å². The number of nitrogens with zero attached hydrogens (tertiary/aromatic N) is 4. The Morgan fingerprint density at radius 3 is 2.93 bits per heavy atom. The fourth-order valence-corrected chi connectivity index (χ4v) is 3.56. The molecule has 1 atom stereocenters. The summed E-state index contributed by atoms with van der Waals surface area (Å²) in [6.07, 6.45) is 4.14. The van der Waals surface area contributed by atoms with E-state index in [4.69, 9.17) is 14.7 Å². The summed E-state index contributed by atoms with van der Waals surface area (Å²) < 4.78 is 13.3. The highest BCUT2D eigenvalue weighted by molar-refractivity contribution is 5.76. The Balaban J connectivity index is 1.46. The van der Waals surface area contributed by atoms with Crippen molar-refractivity contribution in [2.75, 3.05) is 32.9 Å². The van der Waals surface area contributed by atoms with Gasteiger partial charge in [0.2, 0.25) is 5.91 Å². The van der Waals surface area contributed by atoms with Crippen molar-refractivity contribution >= 4 is 5.91 Å². The molecule has 1 aromatic rings. The van der Waals surface area contributed by atoms with Crippen molar-refractivity contribution in [3.63, 3.8) is 0 Å². The molecule has 1 saturated carbocycles. The Morgan fingerprint density at radius 2 is 2.19 bits per heavy atom. The van der Waals surface area contributed by atoms with Crippen LogP contribution in [0.3, 0.4) is 0 Å². The Labute approximate surface area is 161 Å². The number of morpholine rings is 1. The Bertz CT molecular complexity index is 690. The van der Waals surface area contributed by atoms with Crippen molar-refractivity contribution < 1.29 is 14.3 Å². The summed E-state index contributed by atoms with van der Waals surface area (Å²) >= 11 is 0. The van der Waals surface area contributed by atoms with Crippen LogP contribution in [0, 0.1) is 31.1 Å². The SMILES string of the molecule is Cc1nn(CCC#N)c(C)c1CCC(=O)N1CCOC(COCC2CC2)C1. The fraction of sp³-hybridized carbons (Fsp3) is 0.750. The minimum atomic E-state index is -0.0151. The molecule has 2 fully saturated rings. The molecule has 0 spiro atoms. The van der Waals surface area contributed by atoms with Crippen LogP contribution in [-0.4, -0.2) is 59.6 Å². The smallest absolute Gasteiger partial charge is 0.223 e. The average molecular weight is 374 g/mol. The third-order valence-electron chi connectivity index (χ3n) is 5.40. The van der Waals surface area contributed by atoms with E-state index in [-0.39, 0.29) is 12.0 Å². The molecule has 1 saturated heterocycles. The van der Waals surface area contributed by atoms with Gasteiger partial charge < -0.3 is 14.4 Å². The number of hydrogen-bond acceptors (Lipinski definition) is 5. The van der Waals surface area contributed by atoms with Gasteiger partial charge in [-0.05, 0) is 44.6 Å². The van der Waals surface area contributed by atoms with E-state index >= 15 is 0 Å². The van der Waals surface area contributed by atoms with Crippen LogP contribution in [0.4, 0.5) is 0 Å². The summed E-state index contributed by atoms with van der Waals surface area (Å²) in [6.45, 7) is 7.82. The molecule has 0 radical (unpaired) electrons. The molecule has 7 nitrogen and oxygen atoms in total. The molecule has 1 amide bonds. The first-order valence-corrected chi connectivity index (χ1v) is 9.95. The number of aromatic nitrogens is 2. The van der Waals surface area contributed by atoms with E-state index in [2.05, 4.69) is 11.2 Å². The van der Waals surface area contributed by atoms with Gasteiger partial charge in [-0.3, -0.25) is 9.48 Å². The molecule has 7 heteroatoms. The number of carbonyl (C=O) groups excluding carboxylic acids is 1. The lowest BCUT2D eigenvalue weighted by molar-refractivity contribution is -0.141. The topological polar surface area (TPSA) is 80.4 Å². The van der Waals surface area contributed by atoms with Crippen molar-refractivity contribution in [1.82, 2.24) is 14.7 Å². The second kappa shape index (κ2) is 9.34. The maximum Gasteiger partial charge on any atom is 0.223 e. The minimum Gasteiger partial charge on any atom is -0.378 e. The van der Waals surface area contributed by atoms with Crippen molar-refractivity contribution in [1.29, 1.82) is 5.26 Å². The zero-order valence-corrected chi connectivity index (χ0v) is 16.4. The van der Waals surface area contributed by atoms with Crippen LogP contribution in [0.15, 0.2) is 0 Å². The predicted octanol–water partition coefficient (Wildman–Crippen LogP) is 2.00. The molecule has 0 aromatic carbocycles. The van der Waals surface area contributed by atoms with E-state index in [0.717, 1.165) is 29.5 Å². The molecule has 1 aliphatic carbocycles. The number of nitriles is 1. The zero-order valence-electron chi connectivity index (χ0n) is 16.4. The highest BCUT2D eigenvalue weighted by Crippen LogP contribution is 2.28. The first kappa shape index (κ1) is 19.8. The molecule has 2 heterocycles. The molecule has 148 valence electrons. The molecule has 0 N–H and O–H groups in total. The molecule has 1 unspecified atom stereocenters. The largest absolute Gasteiger partial charge is 0.378 e. The Morgan fingerprint density at radius 1 is 1.37 bits per heavy atom.